The van der Waals surface area contributed by atoms with Gasteiger partial charge in [0.2, 0.25) is 0 Å². The van der Waals surface area contributed by atoms with Crippen molar-refractivity contribution < 1.29 is 0 Å². The van der Waals surface area contributed by atoms with E-state index in [1.807, 2.05) is 23.7 Å². The molecule has 0 radical (unpaired) electrons. The third-order valence-electron chi connectivity index (χ3n) is 3.52. The Kier molecular flexibility index (Phi) is 4.25. The van der Waals surface area contributed by atoms with Crippen molar-refractivity contribution in [1.29, 1.82) is 0 Å². The van der Waals surface area contributed by atoms with Gasteiger partial charge in [-0.05, 0) is 12.1 Å². The van der Waals surface area contributed by atoms with Gasteiger partial charge in [-0.1, -0.05) is 6.07 Å². The second-order valence-electron chi connectivity index (χ2n) is 4.90. The zero-order valence-electron chi connectivity index (χ0n) is 11.4. The molecule has 0 aliphatic carbocycles. The van der Waals surface area contributed by atoms with E-state index in [4.69, 9.17) is 5.73 Å². The Morgan fingerprint density at radius 2 is 1.95 bits per heavy atom. The van der Waals surface area contributed by atoms with E-state index in [-0.39, 0.29) is 0 Å². The van der Waals surface area contributed by atoms with Crippen LogP contribution in [0.2, 0.25) is 0 Å². The third-order valence-corrected chi connectivity index (χ3v) is 4.35. The summed E-state index contributed by atoms with van der Waals surface area (Å²) in [5, 5.41) is 3.16. The van der Waals surface area contributed by atoms with Gasteiger partial charge >= 0.3 is 0 Å². The molecule has 0 aromatic carbocycles. The van der Waals surface area contributed by atoms with Crippen LogP contribution in [0.25, 0.3) is 0 Å². The topological polar surface area (TPSA) is 58.3 Å². The average molecular weight is 289 g/mol. The van der Waals surface area contributed by atoms with E-state index in [1.165, 1.54) is 0 Å². The van der Waals surface area contributed by atoms with Crippen molar-refractivity contribution in [1.82, 2.24) is 14.9 Å². The van der Waals surface area contributed by atoms with Crippen molar-refractivity contribution in [3.8, 4) is 0 Å². The first-order valence-corrected chi connectivity index (χ1v) is 7.75. The van der Waals surface area contributed by atoms with E-state index in [1.54, 1.807) is 11.3 Å². The number of hydrogen-bond donors (Lipinski definition) is 1. The van der Waals surface area contributed by atoms with Gasteiger partial charge in [0.05, 0.1) is 11.4 Å². The summed E-state index contributed by atoms with van der Waals surface area (Å²) >= 11 is 1.71. The maximum Gasteiger partial charge on any atom is 0.185 e. The Bertz CT molecular complexity index is 534. The van der Waals surface area contributed by atoms with Crippen LogP contribution in [0.3, 0.4) is 0 Å². The molecule has 2 aromatic heterocycles. The van der Waals surface area contributed by atoms with Gasteiger partial charge in [-0.25, -0.2) is 4.98 Å². The molecule has 1 aliphatic rings. The second-order valence-corrected chi connectivity index (χ2v) is 5.78. The molecule has 3 rings (SSSR count). The summed E-state index contributed by atoms with van der Waals surface area (Å²) in [6, 6.07) is 6.09. The Balaban J connectivity index is 1.55. The first-order valence-electron chi connectivity index (χ1n) is 6.87. The van der Waals surface area contributed by atoms with Gasteiger partial charge in [-0.15, -0.1) is 11.3 Å². The standard InChI is InChI=1S/C14H19N5S/c15-10-12-2-1-3-13(17-12)11-18-5-7-19(8-6-18)14-16-4-9-20-14/h1-4,9H,5-8,10-11,15H2. The fourth-order valence-electron chi connectivity index (χ4n) is 2.43. The summed E-state index contributed by atoms with van der Waals surface area (Å²) in [5.74, 6) is 0. The molecule has 6 heteroatoms. The van der Waals surface area contributed by atoms with E-state index in [0.29, 0.717) is 6.54 Å². The maximum atomic E-state index is 5.64. The van der Waals surface area contributed by atoms with Crippen molar-refractivity contribution in [2.75, 3.05) is 31.1 Å². The van der Waals surface area contributed by atoms with Crippen LogP contribution in [0.4, 0.5) is 5.13 Å². The number of anilines is 1. The highest BCUT2D eigenvalue weighted by atomic mass is 32.1. The number of nitrogens with zero attached hydrogens (tertiary/aromatic N) is 4. The molecule has 2 aromatic rings. The van der Waals surface area contributed by atoms with Crippen molar-refractivity contribution in [2.24, 2.45) is 5.73 Å². The SMILES string of the molecule is NCc1cccc(CN2CCN(c3nccs3)CC2)n1. The summed E-state index contributed by atoms with van der Waals surface area (Å²) in [4.78, 5) is 13.7. The first-order chi connectivity index (χ1) is 9.85. The van der Waals surface area contributed by atoms with E-state index in [9.17, 15) is 0 Å². The van der Waals surface area contributed by atoms with E-state index in [0.717, 1.165) is 49.2 Å². The minimum absolute atomic E-state index is 0.506. The molecule has 1 fully saturated rings. The van der Waals surface area contributed by atoms with Crippen molar-refractivity contribution in [3.05, 3.63) is 41.2 Å². The summed E-state index contributed by atoms with van der Waals surface area (Å²) in [5.41, 5.74) is 7.70. The number of nitrogens with two attached hydrogens (primary N) is 1. The average Bonchev–Trinajstić information content (AvgIpc) is 3.02. The number of hydrogen-bond acceptors (Lipinski definition) is 6. The van der Waals surface area contributed by atoms with Gasteiger partial charge in [-0.2, -0.15) is 0 Å². The number of pyridine rings is 1. The molecule has 1 aliphatic heterocycles. The Morgan fingerprint density at radius 3 is 2.65 bits per heavy atom. The third kappa shape index (κ3) is 3.15. The Morgan fingerprint density at radius 1 is 1.15 bits per heavy atom. The highest BCUT2D eigenvalue weighted by Gasteiger charge is 2.18. The van der Waals surface area contributed by atoms with Gasteiger partial charge in [-0.3, -0.25) is 9.88 Å². The quantitative estimate of drug-likeness (QED) is 0.920. The zero-order valence-corrected chi connectivity index (χ0v) is 12.2. The normalized spacial score (nSPS) is 16.6. The predicted molar refractivity (Wildman–Crippen MR) is 81.7 cm³/mol. The fourth-order valence-corrected chi connectivity index (χ4v) is 3.13. The maximum absolute atomic E-state index is 5.64. The lowest BCUT2D eigenvalue weighted by Gasteiger charge is -2.34. The van der Waals surface area contributed by atoms with Gasteiger partial charge in [0.25, 0.3) is 0 Å². The molecule has 0 amide bonds. The molecule has 0 unspecified atom stereocenters. The lowest BCUT2D eigenvalue weighted by molar-refractivity contribution is 0.247. The van der Waals surface area contributed by atoms with Gasteiger partial charge < -0.3 is 10.6 Å². The fraction of sp³-hybridized carbons (Fsp3) is 0.429. The molecular weight excluding hydrogens is 270 g/mol. The molecular formula is C14H19N5S. The van der Waals surface area contributed by atoms with Crippen LogP contribution in [0.1, 0.15) is 11.4 Å². The zero-order chi connectivity index (χ0) is 13.8. The van der Waals surface area contributed by atoms with Crippen LogP contribution in [-0.4, -0.2) is 41.0 Å². The molecule has 20 heavy (non-hydrogen) atoms. The molecule has 2 N–H and O–H groups in total. The number of aromatic nitrogens is 2. The summed E-state index contributed by atoms with van der Waals surface area (Å²) in [6.07, 6.45) is 1.87. The Labute approximate surface area is 123 Å². The van der Waals surface area contributed by atoms with Crippen LogP contribution in [-0.2, 0) is 13.1 Å². The van der Waals surface area contributed by atoms with Crippen LogP contribution in [0, 0.1) is 0 Å². The van der Waals surface area contributed by atoms with Crippen LogP contribution < -0.4 is 10.6 Å². The predicted octanol–water partition coefficient (Wildman–Crippen LogP) is 1.32. The van der Waals surface area contributed by atoms with Gasteiger partial charge in [0, 0.05) is 50.8 Å². The highest BCUT2D eigenvalue weighted by molar-refractivity contribution is 7.13. The Hall–Kier alpha value is -1.50. The molecule has 0 spiro atoms. The van der Waals surface area contributed by atoms with Gasteiger partial charge in [0.1, 0.15) is 0 Å². The van der Waals surface area contributed by atoms with Crippen LogP contribution in [0.15, 0.2) is 29.8 Å². The van der Waals surface area contributed by atoms with E-state index < -0.39 is 0 Å². The summed E-state index contributed by atoms with van der Waals surface area (Å²) < 4.78 is 0. The highest BCUT2D eigenvalue weighted by Crippen LogP contribution is 2.19. The molecule has 0 atom stereocenters. The minimum Gasteiger partial charge on any atom is -0.346 e. The molecule has 0 bridgehead atoms. The molecule has 0 saturated carbocycles. The minimum atomic E-state index is 0.506. The lowest BCUT2D eigenvalue weighted by atomic mass is 10.2. The monoisotopic (exact) mass is 289 g/mol. The van der Waals surface area contributed by atoms with Crippen molar-refractivity contribution in [3.63, 3.8) is 0 Å². The number of piperazine rings is 1. The molecule has 3 heterocycles. The van der Waals surface area contributed by atoms with Crippen LogP contribution >= 0.6 is 11.3 Å². The van der Waals surface area contributed by atoms with E-state index >= 15 is 0 Å². The smallest absolute Gasteiger partial charge is 0.185 e. The molecule has 1 saturated heterocycles. The largest absolute Gasteiger partial charge is 0.346 e. The summed E-state index contributed by atoms with van der Waals surface area (Å²) in [6.45, 7) is 5.57. The molecule has 106 valence electrons. The number of rotatable bonds is 4. The van der Waals surface area contributed by atoms with E-state index in [2.05, 4.69) is 25.8 Å². The lowest BCUT2D eigenvalue weighted by Crippen LogP contribution is -2.46. The first kappa shape index (κ1) is 13.5. The van der Waals surface area contributed by atoms with Crippen LogP contribution in [0.5, 0.6) is 0 Å². The molecule has 5 nitrogen and oxygen atoms in total. The number of thiazole rings is 1. The summed E-state index contributed by atoms with van der Waals surface area (Å²) in [7, 11) is 0. The van der Waals surface area contributed by atoms with Crippen molar-refractivity contribution in [2.45, 2.75) is 13.1 Å². The van der Waals surface area contributed by atoms with Gasteiger partial charge in [0.15, 0.2) is 5.13 Å². The second kappa shape index (κ2) is 6.30. The van der Waals surface area contributed by atoms with Crippen molar-refractivity contribution >= 4 is 16.5 Å².